The minimum absolute atomic E-state index is 1.07. The fourth-order valence-electron chi connectivity index (χ4n) is 3.27. The number of anilines is 2. The molecule has 0 spiro atoms. The van der Waals surface area contributed by atoms with Crippen LogP contribution in [0.4, 0.5) is 11.4 Å². The first kappa shape index (κ1) is 14.8. The number of rotatable bonds is 3. The lowest BCUT2D eigenvalue weighted by Crippen LogP contribution is -2.17. The summed E-state index contributed by atoms with van der Waals surface area (Å²) in [5.41, 5.74) is 5.07. The smallest absolute Gasteiger partial charge is 0.0464 e. The van der Waals surface area contributed by atoms with Crippen molar-refractivity contribution >= 4 is 22.1 Å². The average Bonchev–Trinajstić information content (AvgIpc) is 2.64. The van der Waals surface area contributed by atoms with Crippen molar-refractivity contribution in [3.63, 3.8) is 0 Å². The molecular weight excluding hydrogens is 290 g/mol. The molecule has 1 nitrogen and oxygen atoms in total. The van der Waals surface area contributed by atoms with Crippen LogP contribution in [0.3, 0.4) is 0 Å². The third-order valence-corrected chi connectivity index (χ3v) is 4.56. The van der Waals surface area contributed by atoms with Gasteiger partial charge in [0.2, 0.25) is 0 Å². The number of fused-ring (bicyclic) bond motifs is 1. The number of hydrogen-bond donors (Lipinski definition) is 0. The van der Waals surface area contributed by atoms with Crippen LogP contribution in [-0.4, -0.2) is 0 Å². The van der Waals surface area contributed by atoms with Crippen molar-refractivity contribution in [2.45, 2.75) is 19.8 Å². The van der Waals surface area contributed by atoms with E-state index in [1.165, 1.54) is 33.4 Å². The molecule has 0 bridgehead atoms. The van der Waals surface area contributed by atoms with E-state index in [4.69, 9.17) is 0 Å². The Hall–Kier alpha value is -2.80. The van der Waals surface area contributed by atoms with Crippen LogP contribution in [0.25, 0.3) is 10.8 Å². The van der Waals surface area contributed by atoms with E-state index < -0.39 is 0 Å². The molecule has 0 unspecified atom stereocenters. The monoisotopic (exact) mass is 311 g/mol. The van der Waals surface area contributed by atoms with Gasteiger partial charge in [-0.2, -0.15) is 0 Å². The van der Waals surface area contributed by atoms with Crippen LogP contribution in [0.2, 0.25) is 0 Å². The normalized spacial score (nSPS) is 13.8. The maximum Gasteiger partial charge on any atom is 0.0464 e. The molecule has 24 heavy (non-hydrogen) atoms. The zero-order valence-corrected chi connectivity index (χ0v) is 13.9. The molecule has 0 amide bonds. The lowest BCUT2D eigenvalue weighted by Gasteiger charge is -2.29. The van der Waals surface area contributed by atoms with Crippen LogP contribution < -0.4 is 4.90 Å². The Balaban J connectivity index is 1.85. The van der Waals surface area contributed by atoms with Gasteiger partial charge in [-0.15, -0.1) is 0 Å². The van der Waals surface area contributed by atoms with Gasteiger partial charge in [0.25, 0.3) is 0 Å². The summed E-state index contributed by atoms with van der Waals surface area (Å²) in [4.78, 5) is 2.38. The summed E-state index contributed by atoms with van der Waals surface area (Å²) < 4.78 is 0. The van der Waals surface area contributed by atoms with Gasteiger partial charge in [-0.1, -0.05) is 60.2 Å². The highest BCUT2D eigenvalue weighted by Gasteiger charge is 2.15. The Morgan fingerprint density at radius 1 is 0.792 bits per heavy atom. The molecule has 1 aliphatic carbocycles. The lowest BCUT2D eigenvalue weighted by atomic mass is 10.1. The van der Waals surface area contributed by atoms with Gasteiger partial charge in [0.05, 0.1) is 0 Å². The molecule has 0 fully saturated rings. The summed E-state index contributed by atoms with van der Waals surface area (Å²) in [6.07, 6.45) is 8.80. The molecule has 0 aromatic heterocycles. The molecule has 1 heteroatoms. The first-order chi connectivity index (χ1) is 11.8. The highest BCUT2D eigenvalue weighted by Crippen LogP contribution is 2.34. The van der Waals surface area contributed by atoms with E-state index in [-0.39, 0.29) is 0 Å². The van der Waals surface area contributed by atoms with E-state index in [1.807, 2.05) is 0 Å². The Labute approximate surface area is 143 Å². The van der Waals surface area contributed by atoms with E-state index in [2.05, 4.69) is 96.8 Å². The Bertz CT molecular complexity index is 916. The maximum absolute atomic E-state index is 2.38. The van der Waals surface area contributed by atoms with E-state index in [0.717, 1.165) is 12.8 Å². The molecule has 118 valence electrons. The summed E-state index contributed by atoms with van der Waals surface area (Å²) in [5, 5.41) is 2.56. The average molecular weight is 311 g/mol. The van der Waals surface area contributed by atoms with E-state index in [9.17, 15) is 0 Å². The van der Waals surface area contributed by atoms with Gasteiger partial charge in [-0.25, -0.2) is 0 Å². The van der Waals surface area contributed by atoms with E-state index in [1.54, 1.807) is 0 Å². The number of hydrogen-bond acceptors (Lipinski definition) is 1. The number of aryl methyl sites for hydroxylation is 1. The summed E-state index contributed by atoms with van der Waals surface area (Å²) in [6, 6.07) is 24.1. The van der Waals surface area contributed by atoms with Gasteiger partial charge in [0, 0.05) is 17.1 Å². The topological polar surface area (TPSA) is 3.24 Å². The van der Waals surface area contributed by atoms with Crippen molar-refractivity contribution in [2.24, 2.45) is 0 Å². The van der Waals surface area contributed by atoms with Crippen molar-refractivity contribution in [1.82, 2.24) is 0 Å². The molecule has 0 saturated heterocycles. The summed E-state index contributed by atoms with van der Waals surface area (Å²) in [6.45, 7) is 2.13. The molecule has 0 aliphatic heterocycles. The van der Waals surface area contributed by atoms with Crippen molar-refractivity contribution < 1.29 is 0 Å². The standard InChI is InChI=1S/C23H21N/c1-18-11-14-22(15-12-18)24(21-9-3-2-4-10-21)23-16-13-19-7-5-6-8-20(19)17-23/h2-3,5-9,11-17H,4,10H2,1H3. The molecule has 4 rings (SSSR count). The van der Waals surface area contributed by atoms with Crippen molar-refractivity contribution in [1.29, 1.82) is 0 Å². The third kappa shape index (κ3) is 2.85. The van der Waals surface area contributed by atoms with Crippen molar-refractivity contribution in [3.8, 4) is 0 Å². The lowest BCUT2D eigenvalue weighted by molar-refractivity contribution is 0.918. The van der Waals surface area contributed by atoms with E-state index in [0.29, 0.717) is 0 Å². The second kappa shape index (κ2) is 6.37. The van der Waals surface area contributed by atoms with Gasteiger partial charge in [-0.3, -0.25) is 0 Å². The molecule has 0 N–H and O–H groups in total. The zero-order chi connectivity index (χ0) is 16.4. The molecule has 3 aromatic rings. The maximum atomic E-state index is 2.38. The van der Waals surface area contributed by atoms with Crippen LogP contribution in [-0.2, 0) is 0 Å². The summed E-state index contributed by atoms with van der Waals surface area (Å²) >= 11 is 0. The fraction of sp³-hybridized carbons (Fsp3) is 0.130. The predicted octanol–water partition coefficient (Wildman–Crippen LogP) is 6.52. The van der Waals surface area contributed by atoms with Gasteiger partial charge in [0.15, 0.2) is 0 Å². The van der Waals surface area contributed by atoms with Crippen LogP contribution in [0, 0.1) is 6.92 Å². The summed E-state index contributed by atoms with van der Waals surface area (Å²) in [7, 11) is 0. The number of allylic oxidation sites excluding steroid dienone is 4. The van der Waals surface area contributed by atoms with Gasteiger partial charge >= 0.3 is 0 Å². The molecule has 0 atom stereocenters. The highest BCUT2D eigenvalue weighted by atomic mass is 15.1. The Morgan fingerprint density at radius 2 is 1.54 bits per heavy atom. The molecule has 1 aliphatic rings. The molecule has 3 aromatic carbocycles. The summed E-state index contributed by atoms with van der Waals surface area (Å²) in [5.74, 6) is 0. The van der Waals surface area contributed by atoms with Crippen molar-refractivity contribution in [3.05, 3.63) is 96.2 Å². The largest absolute Gasteiger partial charge is 0.314 e. The third-order valence-electron chi connectivity index (χ3n) is 4.56. The molecular formula is C23H21N. The highest BCUT2D eigenvalue weighted by molar-refractivity contribution is 5.87. The SMILES string of the molecule is Cc1ccc(N(C2=CC=CCC2)c2ccc3ccccc3c2)cc1. The minimum atomic E-state index is 1.07. The van der Waals surface area contributed by atoms with Crippen LogP contribution in [0.1, 0.15) is 18.4 Å². The van der Waals surface area contributed by atoms with Gasteiger partial charge in [-0.05, 0) is 60.9 Å². The van der Waals surface area contributed by atoms with Crippen molar-refractivity contribution in [2.75, 3.05) is 4.90 Å². The zero-order valence-electron chi connectivity index (χ0n) is 13.9. The predicted molar refractivity (Wildman–Crippen MR) is 104 cm³/mol. The van der Waals surface area contributed by atoms with Crippen LogP contribution in [0.15, 0.2) is 90.7 Å². The van der Waals surface area contributed by atoms with E-state index >= 15 is 0 Å². The number of nitrogens with zero attached hydrogens (tertiary/aromatic N) is 1. The first-order valence-corrected chi connectivity index (χ1v) is 8.52. The van der Waals surface area contributed by atoms with Gasteiger partial charge in [0.1, 0.15) is 0 Å². The second-order valence-corrected chi connectivity index (χ2v) is 6.33. The molecule has 0 heterocycles. The molecule has 0 saturated carbocycles. The minimum Gasteiger partial charge on any atom is -0.314 e. The second-order valence-electron chi connectivity index (χ2n) is 6.33. The van der Waals surface area contributed by atoms with Gasteiger partial charge < -0.3 is 4.90 Å². The first-order valence-electron chi connectivity index (χ1n) is 8.52. The van der Waals surface area contributed by atoms with Crippen LogP contribution >= 0.6 is 0 Å². The fourth-order valence-corrected chi connectivity index (χ4v) is 3.27. The molecule has 0 radical (unpaired) electrons. The Kier molecular flexibility index (Phi) is 3.92. The Morgan fingerprint density at radius 3 is 2.29 bits per heavy atom. The van der Waals surface area contributed by atoms with Crippen LogP contribution in [0.5, 0.6) is 0 Å². The number of benzene rings is 3. The quantitative estimate of drug-likeness (QED) is 0.532.